The van der Waals surface area contributed by atoms with E-state index in [1.54, 1.807) is 0 Å². The van der Waals surface area contributed by atoms with Gasteiger partial charge in [0.05, 0.1) is 0 Å². The van der Waals surface area contributed by atoms with Gasteiger partial charge in [-0.2, -0.15) is 0 Å². The number of fused-ring (bicyclic) bond motifs is 2. The van der Waals surface area contributed by atoms with Crippen LogP contribution in [0.1, 0.15) is 6.42 Å². The highest BCUT2D eigenvalue weighted by Crippen LogP contribution is 2.38. The summed E-state index contributed by atoms with van der Waals surface area (Å²) in [5, 5.41) is 9.89. The Hall–Kier alpha value is -2.52. The third-order valence-electron chi connectivity index (χ3n) is 3.62. The number of aromatic nitrogens is 4. The predicted molar refractivity (Wildman–Crippen MR) is 88.1 cm³/mol. The Balaban J connectivity index is 1.73. The molecule has 0 fully saturated rings. The van der Waals surface area contributed by atoms with E-state index in [4.69, 9.17) is 20.3 Å². The number of aryl methyl sites for hydroxylation is 1. The molecule has 24 heavy (non-hydrogen) atoms. The van der Waals surface area contributed by atoms with E-state index >= 15 is 0 Å². The van der Waals surface area contributed by atoms with Crippen molar-refractivity contribution in [2.45, 2.75) is 23.0 Å². The summed E-state index contributed by atoms with van der Waals surface area (Å²) in [7, 11) is 0. The average molecular weight is 345 g/mol. The van der Waals surface area contributed by atoms with Crippen LogP contribution < -0.4 is 15.2 Å². The number of anilines is 1. The van der Waals surface area contributed by atoms with Gasteiger partial charge in [-0.05, 0) is 24.6 Å². The fourth-order valence-electron chi connectivity index (χ4n) is 2.49. The van der Waals surface area contributed by atoms with Crippen LogP contribution in [0.25, 0.3) is 11.2 Å². The summed E-state index contributed by atoms with van der Waals surface area (Å²) in [5.74, 6) is 1.80. The minimum Gasteiger partial charge on any atom is -0.454 e. The van der Waals surface area contributed by atoms with Gasteiger partial charge in [-0.15, -0.1) is 0 Å². The molecule has 0 bridgehead atoms. The lowest BCUT2D eigenvalue weighted by Crippen LogP contribution is -2.03. The van der Waals surface area contributed by atoms with Gasteiger partial charge in [0.1, 0.15) is 6.33 Å². The van der Waals surface area contributed by atoms with Crippen molar-refractivity contribution >= 4 is 28.7 Å². The fraction of sp³-hybridized carbons (Fsp3) is 0.267. The molecule has 0 saturated carbocycles. The maximum atomic E-state index is 9.15. The molecule has 1 aliphatic heterocycles. The third kappa shape index (κ3) is 2.61. The molecule has 3 N–H and O–H groups in total. The van der Waals surface area contributed by atoms with Crippen LogP contribution in [0, 0.1) is 0 Å². The maximum absolute atomic E-state index is 9.15. The lowest BCUT2D eigenvalue weighted by molar-refractivity contribution is 0.174. The van der Waals surface area contributed by atoms with Crippen molar-refractivity contribution < 1.29 is 14.6 Å². The highest BCUT2D eigenvalue weighted by atomic mass is 32.2. The first-order valence-corrected chi connectivity index (χ1v) is 8.23. The Morgan fingerprint density at radius 2 is 2.12 bits per heavy atom. The van der Waals surface area contributed by atoms with E-state index in [1.807, 2.05) is 22.8 Å². The molecular formula is C15H15N5O3S. The zero-order chi connectivity index (χ0) is 16.5. The molecule has 4 rings (SSSR count). The molecule has 9 heteroatoms. The number of aliphatic hydroxyl groups excluding tert-OH is 1. The van der Waals surface area contributed by atoms with Crippen molar-refractivity contribution in [3.8, 4) is 11.5 Å². The monoisotopic (exact) mass is 345 g/mol. The number of aliphatic hydroxyl groups is 1. The smallest absolute Gasteiger partial charge is 0.231 e. The Morgan fingerprint density at radius 3 is 3.00 bits per heavy atom. The van der Waals surface area contributed by atoms with Crippen molar-refractivity contribution in [3.05, 3.63) is 24.5 Å². The van der Waals surface area contributed by atoms with Crippen LogP contribution in [-0.4, -0.2) is 38.0 Å². The molecule has 0 spiro atoms. The molecule has 1 aromatic carbocycles. The minimum atomic E-state index is 0.0916. The molecule has 3 aromatic rings. The molecular weight excluding hydrogens is 330 g/mol. The summed E-state index contributed by atoms with van der Waals surface area (Å²) in [6, 6.07) is 5.74. The number of nitrogen functional groups attached to an aromatic ring is 1. The number of nitrogens with two attached hydrogens (primary N) is 1. The van der Waals surface area contributed by atoms with Gasteiger partial charge >= 0.3 is 0 Å². The van der Waals surface area contributed by atoms with E-state index in [1.165, 1.54) is 18.1 Å². The number of imidazole rings is 1. The number of ether oxygens (including phenoxy) is 2. The van der Waals surface area contributed by atoms with Crippen molar-refractivity contribution in [2.75, 3.05) is 19.1 Å². The minimum absolute atomic E-state index is 0.0916. The van der Waals surface area contributed by atoms with Gasteiger partial charge < -0.3 is 24.9 Å². The number of benzene rings is 1. The second-order valence-electron chi connectivity index (χ2n) is 5.17. The van der Waals surface area contributed by atoms with E-state index in [2.05, 4.69) is 15.0 Å². The Kier molecular flexibility index (Phi) is 3.87. The molecule has 1 aliphatic rings. The molecule has 0 unspecified atom stereocenters. The number of rotatable bonds is 5. The summed E-state index contributed by atoms with van der Waals surface area (Å²) in [6.45, 7) is 0.926. The zero-order valence-corrected chi connectivity index (χ0v) is 13.5. The molecule has 8 nitrogen and oxygen atoms in total. The number of hydrogen-bond acceptors (Lipinski definition) is 8. The van der Waals surface area contributed by atoms with Gasteiger partial charge in [-0.1, -0.05) is 11.8 Å². The third-order valence-corrected chi connectivity index (χ3v) is 4.60. The van der Waals surface area contributed by atoms with Gasteiger partial charge in [0.15, 0.2) is 33.6 Å². The van der Waals surface area contributed by atoms with Crippen LogP contribution in [0.4, 0.5) is 5.82 Å². The van der Waals surface area contributed by atoms with E-state index < -0.39 is 0 Å². The lowest BCUT2D eigenvalue weighted by atomic mass is 10.3. The molecule has 124 valence electrons. The number of nitrogens with zero attached hydrogens (tertiary/aromatic N) is 4. The molecule has 0 amide bonds. The molecule has 0 radical (unpaired) electrons. The normalized spacial score (nSPS) is 12.9. The van der Waals surface area contributed by atoms with Gasteiger partial charge in [-0.3, -0.25) is 0 Å². The van der Waals surface area contributed by atoms with Crippen LogP contribution in [0.5, 0.6) is 11.5 Å². The second kappa shape index (κ2) is 6.17. The van der Waals surface area contributed by atoms with Gasteiger partial charge in [0, 0.05) is 18.0 Å². The summed E-state index contributed by atoms with van der Waals surface area (Å²) in [5.41, 5.74) is 7.15. The van der Waals surface area contributed by atoms with Gasteiger partial charge in [-0.25, -0.2) is 15.0 Å². The van der Waals surface area contributed by atoms with Crippen LogP contribution in [0.3, 0.4) is 0 Å². The van der Waals surface area contributed by atoms with E-state index in [0.29, 0.717) is 29.9 Å². The van der Waals surface area contributed by atoms with E-state index in [0.717, 1.165) is 21.6 Å². The molecule has 0 saturated heterocycles. The molecule has 0 aliphatic carbocycles. The number of hydrogen-bond donors (Lipinski definition) is 2. The van der Waals surface area contributed by atoms with Crippen molar-refractivity contribution in [1.82, 2.24) is 19.5 Å². The van der Waals surface area contributed by atoms with E-state index in [9.17, 15) is 0 Å². The first-order valence-electron chi connectivity index (χ1n) is 7.41. The molecule has 2 aromatic heterocycles. The zero-order valence-electron chi connectivity index (χ0n) is 12.7. The van der Waals surface area contributed by atoms with Crippen molar-refractivity contribution in [3.63, 3.8) is 0 Å². The Labute approximate surface area is 141 Å². The fourth-order valence-corrected chi connectivity index (χ4v) is 3.43. The van der Waals surface area contributed by atoms with Crippen molar-refractivity contribution in [1.29, 1.82) is 0 Å². The topological polar surface area (TPSA) is 108 Å². The van der Waals surface area contributed by atoms with Gasteiger partial charge in [0.2, 0.25) is 6.79 Å². The summed E-state index contributed by atoms with van der Waals surface area (Å²) < 4.78 is 12.7. The SMILES string of the molecule is Nc1ncnc2c1nc(Sc1ccc3c(c1)OCO3)n2CCCO. The summed E-state index contributed by atoms with van der Waals surface area (Å²) in [6.07, 6.45) is 2.02. The first kappa shape index (κ1) is 15.0. The van der Waals surface area contributed by atoms with Crippen LogP contribution in [0.15, 0.2) is 34.6 Å². The van der Waals surface area contributed by atoms with Gasteiger partial charge in [0.25, 0.3) is 0 Å². The summed E-state index contributed by atoms with van der Waals surface area (Å²) in [4.78, 5) is 13.8. The Morgan fingerprint density at radius 1 is 1.25 bits per heavy atom. The van der Waals surface area contributed by atoms with Crippen LogP contribution in [-0.2, 0) is 6.54 Å². The molecule has 0 atom stereocenters. The standard InChI is InChI=1S/C15H15N5O3S/c16-13-12-14(18-7-17-13)20(4-1-5-21)15(19-12)24-9-2-3-10-11(6-9)23-8-22-10/h2-3,6-7,21H,1,4-5,8H2,(H2,16,17,18). The first-order chi connectivity index (χ1) is 11.8. The largest absolute Gasteiger partial charge is 0.454 e. The maximum Gasteiger partial charge on any atom is 0.231 e. The molecule has 3 heterocycles. The predicted octanol–water partition coefficient (Wildman–Crippen LogP) is 1.67. The summed E-state index contributed by atoms with van der Waals surface area (Å²) >= 11 is 1.48. The average Bonchev–Trinajstić information content (AvgIpc) is 3.18. The van der Waals surface area contributed by atoms with Crippen LogP contribution >= 0.6 is 11.8 Å². The highest BCUT2D eigenvalue weighted by molar-refractivity contribution is 7.99. The quantitative estimate of drug-likeness (QED) is 0.719. The van der Waals surface area contributed by atoms with Crippen LogP contribution in [0.2, 0.25) is 0 Å². The van der Waals surface area contributed by atoms with Crippen molar-refractivity contribution in [2.24, 2.45) is 0 Å². The highest BCUT2D eigenvalue weighted by Gasteiger charge is 2.18. The van der Waals surface area contributed by atoms with E-state index in [-0.39, 0.29) is 13.4 Å². The second-order valence-corrected chi connectivity index (χ2v) is 6.21. The Bertz CT molecular complexity index is 898. The lowest BCUT2D eigenvalue weighted by Gasteiger charge is -2.07.